The lowest BCUT2D eigenvalue weighted by Gasteiger charge is -2.18. The first-order chi connectivity index (χ1) is 7.24. The number of hydrogen-bond acceptors (Lipinski definition) is 2. The van der Waals surface area contributed by atoms with Gasteiger partial charge in [-0.3, -0.25) is 0 Å². The molecule has 0 saturated carbocycles. The van der Waals surface area contributed by atoms with Crippen molar-refractivity contribution in [3.8, 4) is 0 Å². The summed E-state index contributed by atoms with van der Waals surface area (Å²) >= 11 is 0. The second-order valence-electron chi connectivity index (χ2n) is 3.98. The van der Waals surface area contributed by atoms with Gasteiger partial charge in [-0.25, -0.2) is 0 Å². The topological polar surface area (TPSA) is 15.3 Å². The fourth-order valence-corrected chi connectivity index (χ4v) is 1.49. The summed E-state index contributed by atoms with van der Waals surface area (Å²) in [5, 5.41) is 3.52. The molecule has 0 heterocycles. The van der Waals surface area contributed by atoms with Crippen LogP contribution in [0.1, 0.15) is 25.5 Å². The molecule has 2 heteroatoms. The molecule has 0 aliphatic carbocycles. The Labute approximate surface area is 93.3 Å². The highest BCUT2D eigenvalue weighted by Crippen LogP contribution is 2.10. The zero-order chi connectivity index (χ0) is 11.1. The van der Waals surface area contributed by atoms with Gasteiger partial charge in [-0.2, -0.15) is 0 Å². The molecule has 0 aliphatic heterocycles. The molecular formula is C13H22N2. The maximum absolute atomic E-state index is 3.52. The Morgan fingerprint density at radius 3 is 2.53 bits per heavy atom. The Hall–Kier alpha value is -0.860. The van der Waals surface area contributed by atoms with Gasteiger partial charge in [0.05, 0.1) is 0 Å². The molecule has 0 fully saturated rings. The van der Waals surface area contributed by atoms with Gasteiger partial charge >= 0.3 is 0 Å². The molecule has 0 amide bonds. The Kier molecular flexibility index (Phi) is 5.37. The third-order valence-corrected chi connectivity index (χ3v) is 2.78. The molecule has 0 spiro atoms. The van der Waals surface area contributed by atoms with Crippen LogP contribution in [0, 0.1) is 0 Å². The van der Waals surface area contributed by atoms with Crippen molar-refractivity contribution in [2.24, 2.45) is 0 Å². The van der Waals surface area contributed by atoms with Crippen LogP contribution in [-0.4, -0.2) is 31.6 Å². The van der Waals surface area contributed by atoms with E-state index in [1.807, 2.05) is 0 Å². The molecular weight excluding hydrogens is 184 g/mol. The van der Waals surface area contributed by atoms with E-state index in [0.29, 0.717) is 6.04 Å². The predicted octanol–water partition coefficient (Wildman–Crippen LogP) is 2.29. The zero-order valence-electron chi connectivity index (χ0n) is 10.0. The van der Waals surface area contributed by atoms with E-state index in [2.05, 4.69) is 61.4 Å². The molecule has 1 aromatic rings. The molecule has 2 nitrogen and oxygen atoms in total. The largest absolute Gasteiger partial charge is 0.309 e. The van der Waals surface area contributed by atoms with Crippen molar-refractivity contribution in [3.05, 3.63) is 35.9 Å². The van der Waals surface area contributed by atoms with Gasteiger partial charge in [-0.1, -0.05) is 37.3 Å². The van der Waals surface area contributed by atoms with Crippen molar-refractivity contribution < 1.29 is 0 Å². The van der Waals surface area contributed by atoms with E-state index < -0.39 is 0 Å². The summed E-state index contributed by atoms with van der Waals surface area (Å²) in [5.74, 6) is 0. The number of likely N-dealkylation sites (N-methyl/N-ethyl adjacent to an activating group) is 1. The van der Waals surface area contributed by atoms with Gasteiger partial charge in [0.1, 0.15) is 0 Å². The number of hydrogen-bond donors (Lipinski definition) is 1. The SMILES string of the molecule is CCN(C)CCNC(C)c1ccccc1. The van der Waals surface area contributed by atoms with Crippen LogP contribution in [0.25, 0.3) is 0 Å². The van der Waals surface area contributed by atoms with Crippen LogP contribution in [0.4, 0.5) is 0 Å². The highest BCUT2D eigenvalue weighted by atomic mass is 15.1. The summed E-state index contributed by atoms with van der Waals surface area (Å²) in [5.41, 5.74) is 1.36. The van der Waals surface area contributed by atoms with E-state index in [-0.39, 0.29) is 0 Å². The van der Waals surface area contributed by atoms with Crippen LogP contribution < -0.4 is 5.32 Å². The second kappa shape index (κ2) is 6.59. The van der Waals surface area contributed by atoms with Gasteiger partial charge in [-0.05, 0) is 26.1 Å². The van der Waals surface area contributed by atoms with Gasteiger partial charge in [0.2, 0.25) is 0 Å². The van der Waals surface area contributed by atoms with Crippen LogP contribution in [-0.2, 0) is 0 Å². The lowest BCUT2D eigenvalue weighted by molar-refractivity contribution is 0.342. The van der Waals surface area contributed by atoms with Gasteiger partial charge in [0.15, 0.2) is 0 Å². The first kappa shape index (κ1) is 12.2. The lowest BCUT2D eigenvalue weighted by Crippen LogP contribution is -2.30. The van der Waals surface area contributed by atoms with Crippen LogP contribution in [0.2, 0.25) is 0 Å². The first-order valence-corrected chi connectivity index (χ1v) is 5.71. The van der Waals surface area contributed by atoms with Crippen LogP contribution >= 0.6 is 0 Å². The van der Waals surface area contributed by atoms with Crippen molar-refractivity contribution in [2.75, 3.05) is 26.7 Å². The second-order valence-corrected chi connectivity index (χ2v) is 3.98. The normalized spacial score (nSPS) is 13.1. The molecule has 1 atom stereocenters. The minimum Gasteiger partial charge on any atom is -0.309 e. The number of nitrogens with one attached hydrogen (secondary N) is 1. The quantitative estimate of drug-likeness (QED) is 0.768. The average Bonchev–Trinajstić information content (AvgIpc) is 2.29. The Morgan fingerprint density at radius 1 is 1.27 bits per heavy atom. The molecule has 0 bridgehead atoms. The third kappa shape index (κ3) is 4.45. The van der Waals surface area contributed by atoms with Crippen molar-refractivity contribution in [1.82, 2.24) is 10.2 Å². The maximum Gasteiger partial charge on any atom is 0.0292 e. The molecule has 1 N–H and O–H groups in total. The Morgan fingerprint density at radius 2 is 1.93 bits per heavy atom. The van der Waals surface area contributed by atoms with Gasteiger partial charge < -0.3 is 10.2 Å². The van der Waals surface area contributed by atoms with Gasteiger partial charge in [-0.15, -0.1) is 0 Å². The van der Waals surface area contributed by atoms with E-state index in [1.54, 1.807) is 0 Å². The Bertz CT molecular complexity index is 258. The van der Waals surface area contributed by atoms with E-state index in [4.69, 9.17) is 0 Å². The van der Waals surface area contributed by atoms with Crippen molar-refractivity contribution in [1.29, 1.82) is 0 Å². The van der Waals surface area contributed by atoms with E-state index >= 15 is 0 Å². The number of rotatable bonds is 6. The zero-order valence-corrected chi connectivity index (χ0v) is 10.0. The highest BCUT2D eigenvalue weighted by Gasteiger charge is 2.03. The summed E-state index contributed by atoms with van der Waals surface area (Å²) < 4.78 is 0. The number of nitrogens with zero attached hydrogens (tertiary/aromatic N) is 1. The summed E-state index contributed by atoms with van der Waals surface area (Å²) in [6, 6.07) is 11.0. The molecule has 15 heavy (non-hydrogen) atoms. The predicted molar refractivity (Wildman–Crippen MR) is 66.0 cm³/mol. The van der Waals surface area contributed by atoms with Crippen LogP contribution in [0.5, 0.6) is 0 Å². The monoisotopic (exact) mass is 206 g/mol. The fraction of sp³-hybridized carbons (Fsp3) is 0.538. The maximum atomic E-state index is 3.52. The Balaban J connectivity index is 2.28. The van der Waals surface area contributed by atoms with Gasteiger partial charge in [0, 0.05) is 19.1 Å². The summed E-state index contributed by atoms with van der Waals surface area (Å²) in [6.07, 6.45) is 0. The highest BCUT2D eigenvalue weighted by molar-refractivity contribution is 5.17. The first-order valence-electron chi connectivity index (χ1n) is 5.71. The average molecular weight is 206 g/mol. The smallest absolute Gasteiger partial charge is 0.0292 e. The van der Waals surface area contributed by atoms with E-state index in [1.165, 1.54) is 5.56 Å². The lowest BCUT2D eigenvalue weighted by atomic mass is 10.1. The molecule has 1 unspecified atom stereocenters. The fourth-order valence-electron chi connectivity index (χ4n) is 1.49. The standard InChI is InChI=1S/C13H22N2/c1-4-15(3)11-10-14-12(2)13-8-6-5-7-9-13/h5-9,12,14H,4,10-11H2,1-3H3. The minimum absolute atomic E-state index is 0.441. The molecule has 84 valence electrons. The molecule has 0 aromatic heterocycles. The summed E-state index contributed by atoms with van der Waals surface area (Å²) in [4.78, 5) is 2.31. The number of benzene rings is 1. The van der Waals surface area contributed by atoms with E-state index in [9.17, 15) is 0 Å². The molecule has 1 aromatic carbocycles. The molecule has 1 rings (SSSR count). The summed E-state index contributed by atoms with van der Waals surface area (Å²) in [7, 11) is 2.15. The van der Waals surface area contributed by atoms with Gasteiger partial charge in [0.25, 0.3) is 0 Å². The van der Waals surface area contributed by atoms with Crippen molar-refractivity contribution >= 4 is 0 Å². The van der Waals surface area contributed by atoms with Crippen molar-refractivity contribution in [3.63, 3.8) is 0 Å². The minimum atomic E-state index is 0.441. The third-order valence-electron chi connectivity index (χ3n) is 2.78. The van der Waals surface area contributed by atoms with Crippen molar-refractivity contribution in [2.45, 2.75) is 19.9 Å². The molecule has 0 radical (unpaired) electrons. The van der Waals surface area contributed by atoms with Crippen LogP contribution in [0.3, 0.4) is 0 Å². The molecule has 0 aliphatic rings. The molecule has 0 saturated heterocycles. The van der Waals surface area contributed by atoms with E-state index in [0.717, 1.165) is 19.6 Å². The summed E-state index contributed by atoms with van der Waals surface area (Å²) in [6.45, 7) is 7.65. The van der Waals surface area contributed by atoms with Crippen LogP contribution in [0.15, 0.2) is 30.3 Å².